The molecule has 1 spiro atoms. The molecule has 2 aliphatic heterocycles. The number of aromatic hydroxyl groups is 1. The van der Waals surface area contributed by atoms with Crippen LogP contribution in [0, 0.1) is 5.92 Å². The molecule has 2 saturated carbocycles. The van der Waals surface area contributed by atoms with Crippen LogP contribution in [0.3, 0.4) is 0 Å². The molecule has 2 bridgehead atoms. The number of aliphatic hydroxyl groups is 1. The van der Waals surface area contributed by atoms with Crippen LogP contribution in [0.2, 0.25) is 0 Å². The highest BCUT2D eigenvalue weighted by Crippen LogP contribution is 2.66. The second kappa shape index (κ2) is 7.37. The molecular weight excluding hydrogens is 444 g/mol. The zero-order valence-corrected chi connectivity index (χ0v) is 20.0. The lowest BCUT2D eigenvalue weighted by molar-refractivity contribution is -0.200. The molecule has 7 rings (SSSR count). The average molecular weight is 477 g/mol. The topological polar surface area (TPSA) is 86.4 Å². The Kier molecular flexibility index (Phi) is 4.53. The Morgan fingerprint density at radius 1 is 1.26 bits per heavy atom. The third kappa shape index (κ3) is 2.88. The molecule has 3 fully saturated rings. The van der Waals surface area contributed by atoms with Crippen molar-refractivity contribution in [3.8, 4) is 11.5 Å². The van der Waals surface area contributed by atoms with Crippen molar-refractivity contribution in [2.24, 2.45) is 5.92 Å². The maximum atomic E-state index is 13.2. The number of likely N-dealkylation sites (N-methyl/N-ethyl adjacent to an activating group) is 1. The number of carbonyl (C=O) groups excluding carboxylic acids is 1. The van der Waals surface area contributed by atoms with Gasteiger partial charge in [0.15, 0.2) is 11.5 Å². The molecular formula is C28H32N2O5. The summed E-state index contributed by atoms with van der Waals surface area (Å²) in [6, 6.07) is 5.38. The summed E-state index contributed by atoms with van der Waals surface area (Å²) in [6.45, 7) is 1.96. The fourth-order valence-corrected chi connectivity index (χ4v) is 7.67. The van der Waals surface area contributed by atoms with Gasteiger partial charge in [-0.25, -0.2) is 0 Å². The van der Waals surface area contributed by atoms with Gasteiger partial charge in [0, 0.05) is 36.8 Å². The van der Waals surface area contributed by atoms with E-state index >= 15 is 0 Å². The summed E-state index contributed by atoms with van der Waals surface area (Å²) >= 11 is 0. The Labute approximate surface area is 205 Å². The van der Waals surface area contributed by atoms with Gasteiger partial charge in [-0.3, -0.25) is 9.69 Å². The molecule has 3 aliphatic carbocycles. The first-order valence-electron chi connectivity index (χ1n) is 12.9. The Bertz CT molecular complexity index is 1200. The quantitative estimate of drug-likeness (QED) is 0.645. The summed E-state index contributed by atoms with van der Waals surface area (Å²) in [5.41, 5.74) is 1.44. The molecule has 3 heterocycles. The highest BCUT2D eigenvalue weighted by atomic mass is 16.5. The molecule has 1 aromatic carbocycles. The lowest BCUT2D eigenvalue weighted by Crippen LogP contribution is -2.78. The Morgan fingerprint density at radius 2 is 2.11 bits per heavy atom. The molecule has 5 atom stereocenters. The zero-order valence-electron chi connectivity index (χ0n) is 20.0. The maximum Gasteiger partial charge on any atom is 0.246 e. The van der Waals surface area contributed by atoms with E-state index in [9.17, 15) is 15.0 Å². The molecule has 7 heteroatoms. The van der Waals surface area contributed by atoms with Crippen LogP contribution in [0.4, 0.5) is 0 Å². The van der Waals surface area contributed by atoms with E-state index in [4.69, 9.17) is 9.15 Å². The van der Waals surface area contributed by atoms with Crippen molar-refractivity contribution < 1.29 is 24.2 Å². The highest BCUT2D eigenvalue weighted by molar-refractivity contribution is 5.91. The van der Waals surface area contributed by atoms with Gasteiger partial charge < -0.3 is 24.3 Å². The van der Waals surface area contributed by atoms with Gasteiger partial charge in [0.2, 0.25) is 5.91 Å². The minimum Gasteiger partial charge on any atom is -0.504 e. The minimum atomic E-state index is -0.941. The van der Waals surface area contributed by atoms with Gasteiger partial charge in [-0.05, 0) is 74.8 Å². The third-order valence-corrected chi connectivity index (χ3v) is 9.54. The van der Waals surface area contributed by atoms with Gasteiger partial charge in [0.1, 0.15) is 6.10 Å². The smallest absolute Gasteiger partial charge is 0.246 e. The molecule has 2 aromatic rings. The van der Waals surface area contributed by atoms with Crippen LogP contribution in [-0.2, 0) is 16.6 Å². The number of phenols is 1. The van der Waals surface area contributed by atoms with Crippen LogP contribution in [-0.4, -0.2) is 69.8 Å². The summed E-state index contributed by atoms with van der Waals surface area (Å²) in [6.07, 6.45) is 11.5. The molecule has 7 nitrogen and oxygen atoms in total. The number of benzene rings is 1. The van der Waals surface area contributed by atoms with Gasteiger partial charge in [0.05, 0.1) is 29.6 Å². The highest BCUT2D eigenvalue weighted by Gasteiger charge is 2.73. The van der Waals surface area contributed by atoms with Gasteiger partial charge >= 0.3 is 0 Å². The van der Waals surface area contributed by atoms with Crippen molar-refractivity contribution in [2.45, 2.75) is 67.7 Å². The van der Waals surface area contributed by atoms with Crippen molar-refractivity contribution in [1.29, 1.82) is 0 Å². The number of phenolic OH excluding ortho intramolecular Hbond substituents is 1. The van der Waals surface area contributed by atoms with Gasteiger partial charge in [-0.15, -0.1) is 0 Å². The molecule has 0 radical (unpaired) electrons. The predicted molar refractivity (Wildman–Crippen MR) is 129 cm³/mol. The summed E-state index contributed by atoms with van der Waals surface area (Å²) in [5.74, 6) is 1.28. The van der Waals surface area contributed by atoms with E-state index in [1.54, 1.807) is 35.6 Å². The number of furan rings is 1. The van der Waals surface area contributed by atoms with Crippen LogP contribution in [0.5, 0.6) is 11.5 Å². The Morgan fingerprint density at radius 3 is 2.89 bits per heavy atom. The molecule has 2 N–H and O–H groups in total. The van der Waals surface area contributed by atoms with Crippen molar-refractivity contribution in [2.75, 3.05) is 20.1 Å². The van der Waals surface area contributed by atoms with E-state index in [0.717, 1.165) is 43.0 Å². The van der Waals surface area contributed by atoms with Crippen LogP contribution < -0.4 is 4.74 Å². The number of nitrogens with zero attached hydrogens (tertiary/aromatic N) is 2. The normalized spacial score (nSPS) is 35.1. The zero-order chi connectivity index (χ0) is 23.9. The largest absolute Gasteiger partial charge is 0.504 e. The monoisotopic (exact) mass is 476 g/mol. The number of carbonyl (C=O) groups is 1. The second-order valence-electron chi connectivity index (χ2n) is 11.2. The first-order valence-corrected chi connectivity index (χ1v) is 12.9. The standard InChI is InChI=1S/C28H32N2O5/c1-29(23(32)7-4-18-9-13-34-16-18)20-8-10-28(33)22-14-19-5-6-21(31)25-24(19)27(28,26(20)35-25)11-12-30(22)15-17-2-3-17/h4-7,9,13,16-17,20,22,26,31,33H,2-3,8,10-12,14-15H2,1H3/t20-,22-,26+,27+,28-/m0/s1. The van der Waals surface area contributed by atoms with E-state index in [0.29, 0.717) is 18.6 Å². The molecule has 1 aromatic heterocycles. The van der Waals surface area contributed by atoms with E-state index in [1.165, 1.54) is 18.4 Å². The molecule has 1 amide bonds. The van der Waals surface area contributed by atoms with E-state index < -0.39 is 17.1 Å². The summed E-state index contributed by atoms with van der Waals surface area (Å²) in [7, 11) is 1.82. The molecule has 0 unspecified atom stereocenters. The van der Waals surface area contributed by atoms with Crippen LogP contribution in [0.15, 0.2) is 41.2 Å². The number of likely N-dealkylation sites (tertiary alicyclic amines) is 1. The van der Waals surface area contributed by atoms with Crippen molar-refractivity contribution in [1.82, 2.24) is 9.80 Å². The summed E-state index contributed by atoms with van der Waals surface area (Å²) < 4.78 is 11.7. The van der Waals surface area contributed by atoms with Crippen molar-refractivity contribution >= 4 is 12.0 Å². The third-order valence-electron chi connectivity index (χ3n) is 9.54. The van der Waals surface area contributed by atoms with Crippen LogP contribution >= 0.6 is 0 Å². The predicted octanol–water partition coefficient (Wildman–Crippen LogP) is 3.09. The Hall–Kier alpha value is -2.77. The lowest BCUT2D eigenvalue weighted by atomic mass is 9.48. The average Bonchev–Trinajstić information content (AvgIpc) is 3.36. The summed E-state index contributed by atoms with van der Waals surface area (Å²) in [4.78, 5) is 17.5. The van der Waals surface area contributed by atoms with Crippen LogP contribution in [0.1, 0.15) is 48.8 Å². The van der Waals surface area contributed by atoms with Gasteiger partial charge in [-0.2, -0.15) is 0 Å². The SMILES string of the molecule is CN(C(=O)C=Cc1ccoc1)[C@H]1CC[C@]2(O)[C@@H]3Cc4ccc(O)c5c4[C@]2(CCN3CC2CC2)[C@@H]1O5. The van der Waals surface area contributed by atoms with Gasteiger partial charge in [0.25, 0.3) is 0 Å². The van der Waals surface area contributed by atoms with Gasteiger partial charge in [-0.1, -0.05) is 6.07 Å². The van der Waals surface area contributed by atoms with Crippen LogP contribution in [0.25, 0.3) is 6.08 Å². The molecule has 5 aliphatic rings. The number of hydrogen-bond donors (Lipinski definition) is 2. The lowest BCUT2D eigenvalue weighted by Gasteiger charge is -2.64. The van der Waals surface area contributed by atoms with E-state index in [2.05, 4.69) is 4.90 Å². The first kappa shape index (κ1) is 21.5. The Balaban J connectivity index is 1.28. The first-order chi connectivity index (χ1) is 16.9. The number of ether oxygens (including phenoxy) is 1. The molecule has 184 valence electrons. The number of piperidine rings is 1. The fraction of sp³-hybridized carbons (Fsp3) is 0.536. The summed E-state index contributed by atoms with van der Waals surface area (Å²) in [5, 5.41) is 23.3. The number of hydrogen-bond acceptors (Lipinski definition) is 6. The molecule has 1 saturated heterocycles. The number of rotatable bonds is 5. The fourth-order valence-electron chi connectivity index (χ4n) is 7.67. The number of amides is 1. The van der Waals surface area contributed by atoms with E-state index in [-0.39, 0.29) is 23.7 Å². The minimum absolute atomic E-state index is 0.0360. The van der Waals surface area contributed by atoms with Crippen molar-refractivity contribution in [3.05, 3.63) is 53.5 Å². The van der Waals surface area contributed by atoms with Crippen molar-refractivity contribution in [3.63, 3.8) is 0 Å². The van der Waals surface area contributed by atoms with E-state index in [1.807, 2.05) is 19.2 Å². The maximum absolute atomic E-state index is 13.2. The second-order valence-corrected chi connectivity index (χ2v) is 11.2. The molecule has 35 heavy (non-hydrogen) atoms.